The van der Waals surface area contributed by atoms with E-state index in [1.165, 1.54) is 7.11 Å². The molecule has 0 aliphatic carbocycles. The number of esters is 1. The van der Waals surface area contributed by atoms with E-state index in [0.717, 1.165) is 0 Å². The van der Waals surface area contributed by atoms with Gasteiger partial charge in [0.15, 0.2) is 0 Å². The summed E-state index contributed by atoms with van der Waals surface area (Å²) in [7, 11) is 1.47. The Morgan fingerprint density at radius 3 is 2.44 bits per heavy atom. The van der Waals surface area contributed by atoms with Crippen molar-refractivity contribution in [2.45, 2.75) is 5.25 Å². The molecule has 0 saturated carbocycles. The van der Waals surface area contributed by atoms with Crippen LogP contribution in [0.2, 0.25) is 0 Å². The third-order valence-electron chi connectivity index (χ3n) is 1.30. The zero-order chi connectivity index (χ0) is 13.1. The van der Waals surface area contributed by atoms with Crippen molar-refractivity contribution in [3.8, 4) is 0 Å². The SMILES string of the molecule is COCCOCCOC(=O)C(F)(F)SOO[O-].[Na+]. The molecule has 7 nitrogen and oxygen atoms in total. The molecule has 0 saturated heterocycles. The molecule has 0 fully saturated rings. The standard InChI is InChI=1S/C7H12F2O7S.Na/c1-12-2-3-13-4-5-14-6(10)7(8,9)17-16-15-11;/h11H,2-5H2,1H3;/q;+1/p-1. The number of rotatable bonds is 10. The van der Waals surface area contributed by atoms with Crippen LogP contribution in [-0.4, -0.2) is 44.8 Å². The molecule has 0 aliphatic rings. The van der Waals surface area contributed by atoms with Gasteiger partial charge in [-0.1, -0.05) is 0 Å². The van der Waals surface area contributed by atoms with Gasteiger partial charge in [0.25, 0.3) is 0 Å². The minimum Gasteiger partial charge on any atom is -0.691 e. The average molecular weight is 300 g/mol. The van der Waals surface area contributed by atoms with Crippen LogP contribution in [0.15, 0.2) is 0 Å². The number of halogens is 2. The molecule has 0 unspecified atom stereocenters. The second-order valence-electron chi connectivity index (χ2n) is 2.48. The molecule has 102 valence electrons. The first-order valence-electron chi connectivity index (χ1n) is 4.30. The average Bonchev–Trinajstić information content (AvgIpc) is 2.30. The molecular formula is C7H11F2NaO7S. The summed E-state index contributed by atoms with van der Waals surface area (Å²) in [4.78, 5) is 10.7. The molecule has 0 aromatic heterocycles. The van der Waals surface area contributed by atoms with Crippen LogP contribution in [-0.2, 0) is 28.4 Å². The summed E-state index contributed by atoms with van der Waals surface area (Å²) in [5, 5.41) is 7.97. The molecule has 0 radical (unpaired) electrons. The van der Waals surface area contributed by atoms with E-state index in [4.69, 9.17) is 4.74 Å². The summed E-state index contributed by atoms with van der Waals surface area (Å²) in [6.07, 6.45) is 0. The van der Waals surface area contributed by atoms with E-state index < -0.39 is 23.3 Å². The molecule has 18 heavy (non-hydrogen) atoms. The maximum absolute atomic E-state index is 12.7. The smallest absolute Gasteiger partial charge is 0.691 e. The van der Waals surface area contributed by atoms with Gasteiger partial charge in [-0.05, 0) is 0 Å². The second-order valence-corrected chi connectivity index (χ2v) is 3.29. The van der Waals surface area contributed by atoms with E-state index in [0.29, 0.717) is 6.61 Å². The van der Waals surface area contributed by atoms with E-state index >= 15 is 0 Å². The normalized spacial score (nSPS) is 10.9. The Balaban J connectivity index is 0. The van der Waals surface area contributed by atoms with Crippen molar-refractivity contribution in [2.75, 3.05) is 33.5 Å². The Morgan fingerprint density at radius 2 is 1.89 bits per heavy atom. The fourth-order valence-electron chi connectivity index (χ4n) is 0.612. The Kier molecular flexibility index (Phi) is 14.5. The van der Waals surface area contributed by atoms with Gasteiger partial charge in [-0.15, -0.1) is 0 Å². The topological polar surface area (TPSA) is 86.3 Å². The van der Waals surface area contributed by atoms with Gasteiger partial charge in [0.1, 0.15) is 18.6 Å². The fraction of sp³-hybridized carbons (Fsp3) is 0.857. The minimum atomic E-state index is -4.02. The van der Waals surface area contributed by atoms with Crippen LogP contribution in [0.25, 0.3) is 0 Å². The van der Waals surface area contributed by atoms with Crippen molar-refractivity contribution in [3.63, 3.8) is 0 Å². The number of methoxy groups -OCH3 is 1. The first kappa shape index (κ1) is 20.8. The van der Waals surface area contributed by atoms with E-state index in [-0.39, 0.29) is 49.4 Å². The fourth-order valence-corrected chi connectivity index (χ4v) is 0.852. The molecule has 0 atom stereocenters. The Bertz CT molecular complexity index is 222. The Hall–Kier alpha value is 0.480. The number of hydrogen-bond acceptors (Lipinski definition) is 8. The van der Waals surface area contributed by atoms with Crippen molar-refractivity contribution in [1.82, 2.24) is 0 Å². The summed E-state index contributed by atoms with van der Waals surface area (Å²) < 4.78 is 42.5. The minimum absolute atomic E-state index is 0. The molecule has 0 amide bonds. The summed E-state index contributed by atoms with van der Waals surface area (Å²) in [6, 6.07) is 0. The zero-order valence-electron chi connectivity index (χ0n) is 9.85. The molecule has 11 heteroatoms. The van der Waals surface area contributed by atoms with Crippen LogP contribution >= 0.6 is 12.0 Å². The van der Waals surface area contributed by atoms with Gasteiger partial charge in [0.2, 0.25) is 0 Å². The van der Waals surface area contributed by atoms with Gasteiger partial charge in [-0.25, -0.2) is 4.79 Å². The number of ether oxygens (including phenoxy) is 3. The maximum Gasteiger partial charge on any atom is 1.00 e. The van der Waals surface area contributed by atoms with Crippen molar-refractivity contribution in [2.24, 2.45) is 0 Å². The number of carbonyl (C=O) groups excluding carboxylic acids is 1. The van der Waals surface area contributed by atoms with E-state index in [9.17, 15) is 18.8 Å². The monoisotopic (exact) mass is 300 g/mol. The molecule has 0 aromatic rings. The summed E-state index contributed by atoms with van der Waals surface area (Å²) in [5.41, 5.74) is 0. The molecule has 0 spiro atoms. The Morgan fingerprint density at radius 1 is 1.28 bits per heavy atom. The molecule has 0 rings (SSSR count). The summed E-state index contributed by atoms with van der Waals surface area (Å²) in [5.74, 6) is -1.85. The van der Waals surface area contributed by atoms with Crippen LogP contribution in [0.5, 0.6) is 0 Å². The van der Waals surface area contributed by atoms with E-state index in [2.05, 4.69) is 18.8 Å². The van der Waals surface area contributed by atoms with Crippen LogP contribution in [0, 0.1) is 0 Å². The van der Waals surface area contributed by atoms with Gasteiger partial charge >= 0.3 is 40.8 Å². The number of alkyl halides is 2. The van der Waals surface area contributed by atoms with Crippen molar-refractivity contribution < 1.29 is 72.0 Å². The number of hydrogen-bond donors (Lipinski definition) is 0. The molecule has 0 bridgehead atoms. The van der Waals surface area contributed by atoms with Crippen molar-refractivity contribution >= 4 is 18.0 Å². The van der Waals surface area contributed by atoms with Gasteiger partial charge in [0, 0.05) is 7.11 Å². The first-order chi connectivity index (χ1) is 8.04. The largest absolute Gasteiger partial charge is 1.00 e. The van der Waals surface area contributed by atoms with E-state index in [1.807, 2.05) is 0 Å². The third kappa shape index (κ3) is 10.4. The van der Waals surface area contributed by atoms with Gasteiger partial charge in [0.05, 0.1) is 19.8 Å². The first-order valence-corrected chi connectivity index (χ1v) is 5.04. The maximum atomic E-state index is 12.7. The molecular weight excluding hydrogens is 289 g/mol. The van der Waals surface area contributed by atoms with Gasteiger partial charge < -0.3 is 19.5 Å². The zero-order valence-corrected chi connectivity index (χ0v) is 12.7. The van der Waals surface area contributed by atoms with E-state index in [1.54, 1.807) is 0 Å². The van der Waals surface area contributed by atoms with Gasteiger partial charge in [-0.3, -0.25) is 5.04 Å². The Labute approximate surface area is 128 Å². The summed E-state index contributed by atoms with van der Waals surface area (Å²) in [6.45, 7) is 0.201. The van der Waals surface area contributed by atoms with Crippen LogP contribution in [0.1, 0.15) is 0 Å². The third-order valence-corrected chi connectivity index (χ3v) is 1.80. The second kappa shape index (κ2) is 12.5. The van der Waals surface area contributed by atoms with Gasteiger partial charge in [-0.2, -0.15) is 13.1 Å². The van der Waals surface area contributed by atoms with Crippen LogP contribution in [0.3, 0.4) is 0 Å². The molecule has 0 aromatic carbocycles. The van der Waals surface area contributed by atoms with Crippen molar-refractivity contribution in [1.29, 1.82) is 0 Å². The molecule has 0 N–H and O–H groups in total. The predicted octanol–water partition coefficient (Wildman–Crippen LogP) is -3.34. The van der Waals surface area contributed by atoms with Crippen LogP contribution in [0.4, 0.5) is 8.78 Å². The van der Waals surface area contributed by atoms with Crippen LogP contribution < -0.4 is 34.8 Å². The predicted molar refractivity (Wildman–Crippen MR) is 48.4 cm³/mol. The van der Waals surface area contributed by atoms with Crippen molar-refractivity contribution in [3.05, 3.63) is 0 Å². The molecule has 0 heterocycles. The summed E-state index contributed by atoms with van der Waals surface area (Å²) >= 11 is -0.745. The number of carbonyl (C=O) groups is 1. The molecule has 0 aliphatic heterocycles. The quantitative estimate of drug-likeness (QED) is 0.103.